The summed E-state index contributed by atoms with van der Waals surface area (Å²) in [6.07, 6.45) is 5.74. The number of hydrogen-bond donors (Lipinski definition) is 1. The van der Waals surface area contributed by atoms with Crippen LogP contribution in [0.2, 0.25) is 0 Å². The summed E-state index contributed by atoms with van der Waals surface area (Å²) in [5.74, 6) is 2.26. The molecule has 0 radical (unpaired) electrons. The second-order valence-electron chi connectivity index (χ2n) is 7.27. The van der Waals surface area contributed by atoms with Crippen LogP contribution in [0.3, 0.4) is 0 Å². The molecule has 1 aliphatic carbocycles. The minimum atomic E-state index is 0.00942. The SMILES string of the molecule is CC(C)CCOCCOCC(=O)NC1CCC(C(C)C)CC1. The van der Waals surface area contributed by atoms with Crippen LogP contribution < -0.4 is 5.32 Å². The molecule has 130 valence electrons. The monoisotopic (exact) mass is 313 g/mol. The molecule has 22 heavy (non-hydrogen) atoms. The number of rotatable bonds is 10. The third-order valence-electron chi connectivity index (χ3n) is 4.52. The van der Waals surface area contributed by atoms with Crippen molar-refractivity contribution in [3.63, 3.8) is 0 Å². The zero-order valence-electron chi connectivity index (χ0n) is 14.9. The van der Waals surface area contributed by atoms with Crippen molar-refractivity contribution in [1.82, 2.24) is 5.32 Å². The van der Waals surface area contributed by atoms with Gasteiger partial charge in [0.15, 0.2) is 0 Å². The third-order valence-corrected chi connectivity index (χ3v) is 4.52. The summed E-state index contributed by atoms with van der Waals surface area (Å²) in [6, 6.07) is 0.341. The van der Waals surface area contributed by atoms with Crippen LogP contribution in [0.25, 0.3) is 0 Å². The maximum atomic E-state index is 11.8. The summed E-state index contributed by atoms with van der Waals surface area (Å²) < 4.78 is 10.8. The summed E-state index contributed by atoms with van der Waals surface area (Å²) in [5, 5.41) is 3.09. The van der Waals surface area contributed by atoms with Crippen molar-refractivity contribution in [2.24, 2.45) is 17.8 Å². The van der Waals surface area contributed by atoms with Crippen LogP contribution in [0.1, 0.15) is 59.8 Å². The Kier molecular flexibility index (Phi) is 9.73. The summed E-state index contributed by atoms with van der Waals surface area (Å²) >= 11 is 0. The lowest BCUT2D eigenvalue weighted by Gasteiger charge is -2.31. The Morgan fingerprint density at radius 3 is 2.23 bits per heavy atom. The fourth-order valence-corrected chi connectivity index (χ4v) is 2.90. The lowest BCUT2D eigenvalue weighted by molar-refractivity contribution is -0.127. The van der Waals surface area contributed by atoms with Gasteiger partial charge in [-0.1, -0.05) is 27.7 Å². The van der Waals surface area contributed by atoms with E-state index in [2.05, 4.69) is 33.0 Å². The van der Waals surface area contributed by atoms with E-state index in [0.717, 1.165) is 37.7 Å². The topological polar surface area (TPSA) is 47.6 Å². The molecule has 1 rings (SSSR count). The number of ether oxygens (including phenoxy) is 2. The highest BCUT2D eigenvalue weighted by atomic mass is 16.5. The first-order valence-electron chi connectivity index (χ1n) is 8.94. The molecule has 0 bridgehead atoms. The van der Waals surface area contributed by atoms with E-state index in [1.807, 2.05) is 0 Å². The highest BCUT2D eigenvalue weighted by molar-refractivity contribution is 5.77. The largest absolute Gasteiger partial charge is 0.379 e. The van der Waals surface area contributed by atoms with Crippen LogP contribution in [0.4, 0.5) is 0 Å². The third kappa shape index (κ3) is 8.74. The Bertz CT molecular complexity index is 297. The first kappa shape index (κ1) is 19.4. The van der Waals surface area contributed by atoms with Crippen molar-refractivity contribution in [3.8, 4) is 0 Å². The van der Waals surface area contributed by atoms with E-state index in [-0.39, 0.29) is 12.5 Å². The molecule has 1 saturated carbocycles. The summed E-state index contributed by atoms with van der Waals surface area (Å²) in [5.41, 5.74) is 0. The first-order valence-corrected chi connectivity index (χ1v) is 8.94. The van der Waals surface area contributed by atoms with Crippen molar-refractivity contribution in [2.45, 2.75) is 65.8 Å². The fourth-order valence-electron chi connectivity index (χ4n) is 2.90. The molecular weight excluding hydrogens is 278 g/mol. The Morgan fingerprint density at radius 2 is 1.64 bits per heavy atom. The molecule has 0 atom stereocenters. The quantitative estimate of drug-likeness (QED) is 0.629. The summed E-state index contributed by atoms with van der Waals surface area (Å²) in [7, 11) is 0. The highest BCUT2D eigenvalue weighted by Gasteiger charge is 2.24. The van der Waals surface area contributed by atoms with Crippen LogP contribution in [-0.2, 0) is 14.3 Å². The summed E-state index contributed by atoms with van der Waals surface area (Å²) in [6.45, 7) is 10.9. The van der Waals surface area contributed by atoms with Crippen LogP contribution in [0.5, 0.6) is 0 Å². The van der Waals surface area contributed by atoms with Gasteiger partial charge >= 0.3 is 0 Å². The van der Waals surface area contributed by atoms with Gasteiger partial charge in [-0.05, 0) is 49.9 Å². The Balaban J connectivity index is 1.98. The number of hydrogen-bond acceptors (Lipinski definition) is 3. The Morgan fingerprint density at radius 1 is 1.00 bits per heavy atom. The smallest absolute Gasteiger partial charge is 0.246 e. The first-order chi connectivity index (χ1) is 10.5. The van der Waals surface area contributed by atoms with Gasteiger partial charge in [-0.25, -0.2) is 0 Å². The van der Waals surface area contributed by atoms with Crippen molar-refractivity contribution in [3.05, 3.63) is 0 Å². The number of nitrogens with one attached hydrogen (secondary N) is 1. The number of amides is 1. The van der Waals surface area contributed by atoms with Gasteiger partial charge in [-0.2, -0.15) is 0 Å². The van der Waals surface area contributed by atoms with E-state index >= 15 is 0 Å². The number of carbonyl (C=O) groups is 1. The molecule has 0 unspecified atom stereocenters. The zero-order valence-corrected chi connectivity index (χ0v) is 14.9. The van der Waals surface area contributed by atoms with E-state index in [4.69, 9.17) is 9.47 Å². The molecule has 0 heterocycles. The van der Waals surface area contributed by atoms with E-state index in [1.54, 1.807) is 0 Å². The molecule has 1 N–H and O–H groups in total. The number of carbonyl (C=O) groups excluding carboxylic acids is 1. The van der Waals surface area contributed by atoms with Crippen molar-refractivity contribution >= 4 is 5.91 Å². The normalized spacial score (nSPS) is 22.3. The second kappa shape index (κ2) is 11.0. The fraction of sp³-hybridized carbons (Fsp3) is 0.944. The van der Waals surface area contributed by atoms with Crippen molar-refractivity contribution in [1.29, 1.82) is 0 Å². The Labute approximate surface area is 136 Å². The van der Waals surface area contributed by atoms with Gasteiger partial charge in [0, 0.05) is 12.6 Å². The average molecular weight is 313 g/mol. The van der Waals surface area contributed by atoms with Gasteiger partial charge in [-0.15, -0.1) is 0 Å². The maximum Gasteiger partial charge on any atom is 0.246 e. The summed E-state index contributed by atoms with van der Waals surface area (Å²) in [4.78, 5) is 11.8. The van der Waals surface area contributed by atoms with Gasteiger partial charge in [0.1, 0.15) is 6.61 Å². The van der Waals surface area contributed by atoms with E-state index in [9.17, 15) is 4.79 Å². The van der Waals surface area contributed by atoms with Gasteiger partial charge in [0.25, 0.3) is 0 Å². The van der Waals surface area contributed by atoms with Crippen LogP contribution in [0, 0.1) is 17.8 Å². The predicted octanol–water partition coefficient (Wildman–Crippen LogP) is 3.40. The predicted molar refractivity (Wildman–Crippen MR) is 89.8 cm³/mol. The van der Waals surface area contributed by atoms with Gasteiger partial charge in [0.05, 0.1) is 13.2 Å². The van der Waals surface area contributed by atoms with E-state index in [1.165, 1.54) is 12.8 Å². The lowest BCUT2D eigenvalue weighted by atomic mass is 9.80. The molecule has 4 heteroatoms. The standard InChI is InChI=1S/C18H35NO3/c1-14(2)9-10-21-11-12-22-13-18(20)19-17-7-5-16(6-8-17)15(3)4/h14-17H,5-13H2,1-4H3,(H,19,20). The molecule has 0 aromatic carbocycles. The molecule has 0 aliphatic heterocycles. The van der Waals surface area contributed by atoms with Crippen LogP contribution in [-0.4, -0.2) is 38.4 Å². The van der Waals surface area contributed by atoms with Crippen LogP contribution in [0.15, 0.2) is 0 Å². The molecule has 1 amide bonds. The molecule has 0 aromatic rings. The van der Waals surface area contributed by atoms with E-state index in [0.29, 0.717) is 25.2 Å². The van der Waals surface area contributed by atoms with Crippen molar-refractivity contribution in [2.75, 3.05) is 26.4 Å². The van der Waals surface area contributed by atoms with Gasteiger partial charge in [0.2, 0.25) is 5.91 Å². The molecular formula is C18H35NO3. The minimum absolute atomic E-state index is 0.00942. The molecule has 1 aliphatic rings. The maximum absolute atomic E-state index is 11.8. The average Bonchev–Trinajstić information content (AvgIpc) is 2.46. The lowest BCUT2D eigenvalue weighted by Crippen LogP contribution is -2.40. The molecule has 4 nitrogen and oxygen atoms in total. The molecule has 1 fully saturated rings. The molecule has 0 spiro atoms. The Hall–Kier alpha value is -0.610. The van der Waals surface area contributed by atoms with Gasteiger partial charge < -0.3 is 14.8 Å². The minimum Gasteiger partial charge on any atom is -0.379 e. The highest BCUT2D eigenvalue weighted by Crippen LogP contribution is 2.29. The van der Waals surface area contributed by atoms with Crippen LogP contribution >= 0.6 is 0 Å². The van der Waals surface area contributed by atoms with Gasteiger partial charge in [-0.3, -0.25) is 4.79 Å². The zero-order chi connectivity index (χ0) is 16.4. The molecule has 0 aromatic heterocycles. The van der Waals surface area contributed by atoms with E-state index < -0.39 is 0 Å². The molecule has 0 saturated heterocycles. The second-order valence-corrected chi connectivity index (χ2v) is 7.27. The van der Waals surface area contributed by atoms with Crippen molar-refractivity contribution < 1.29 is 14.3 Å².